The van der Waals surface area contributed by atoms with Crippen LogP contribution in [0.5, 0.6) is 0 Å². The molecule has 0 amide bonds. The number of aliphatic hydroxyl groups is 1. The lowest BCUT2D eigenvalue weighted by atomic mass is 10.00. The number of pyridine rings is 1. The van der Waals surface area contributed by atoms with Crippen molar-refractivity contribution in [3.8, 4) is 0 Å². The highest BCUT2D eigenvalue weighted by molar-refractivity contribution is 5.79. The van der Waals surface area contributed by atoms with Crippen LogP contribution in [0, 0.1) is 6.92 Å². The van der Waals surface area contributed by atoms with Crippen LogP contribution in [0.15, 0.2) is 30.3 Å². The van der Waals surface area contributed by atoms with Crippen molar-refractivity contribution in [1.82, 2.24) is 4.98 Å². The van der Waals surface area contributed by atoms with E-state index in [2.05, 4.69) is 17.1 Å². The van der Waals surface area contributed by atoms with E-state index in [1.807, 2.05) is 25.1 Å². The van der Waals surface area contributed by atoms with Crippen molar-refractivity contribution in [2.45, 2.75) is 51.2 Å². The summed E-state index contributed by atoms with van der Waals surface area (Å²) in [5.41, 5.74) is 3.00. The molecule has 1 aromatic carbocycles. The number of aryl methyl sites for hydroxylation is 1. The van der Waals surface area contributed by atoms with Gasteiger partial charge in [0.2, 0.25) is 0 Å². The summed E-state index contributed by atoms with van der Waals surface area (Å²) >= 11 is 0. The molecule has 112 valence electrons. The Hall–Kier alpha value is -1.45. The van der Waals surface area contributed by atoms with E-state index in [0.29, 0.717) is 6.10 Å². The lowest BCUT2D eigenvalue weighted by Gasteiger charge is -2.14. The van der Waals surface area contributed by atoms with Gasteiger partial charge in [0.1, 0.15) is 0 Å². The maximum absolute atomic E-state index is 10.3. The average molecular weight is 285 g/mol. The van der Waals surface area contributed by atoms with Gasteiger partial charge in [0, 0.05) is 17.7 Å². The van der Waals surface area contributed by atoms with E-state index in [1.165, 1.54) is 12.8 Å². The third kappa shape index (κ3) is 3.60. The highest BCUT2D eigenvalue weighted by Crippen LogP contribution is 2.25. The Kier molecular flexibility index (Phi) is 4.51. The molecule has 21 heavy (non-hydrogen) atoms. The van der Waals surface area contributed by atoms with Gasteiger partial charge in [-0.3, -0.25) is 4.98 Å². The normalized spacial score (nSPS) is 20.0. The minimum absolute atomic E-state index is 0.392. The van der Waals surface area contributed by atoms with Crippen LogP contribution in [-0.4, -0.2) is 22.8 Å². The third-order valence-electron chi connectivity index (χ3n) is 4.26. The van der Waals surface area contributed by atoms with Gasteiger partial charge in [-0.25, -0.2) is 0 Å². The van der Waals surface area contributed by atoms with Crippen LogP contribution in [0.2, 0.25) is 0 Å². The molecule has 2 heterocycles. The molecule has 1 N–H and O–H groups in total. The molecule has 2 atom stereocenters. The smallest absolute Gasteiger partial charge is 0.0790 e. The van der Waals surface area contributed by atoms with Gasteiger partial charge < -0.3 is 9.84 Å². The van der Waals surface area contributed by atoms with E-state index in [1.54, 1.807) is 0 Å². The van der Waals surface area contributed by atoms with Gasteiger partial charge >= 0.3 is 0 Å². The van der Waals surface area contributed by atoms with Crippen LogP contribution in [0.25, 0.3) is 10.9 Å². The molecular weight excluding hydrogens is 262 g/mol. The fourth-order valence-electron chi connectivity index (χ4n) is 3.03. The van der Waals surface area contributed by atoms with Crippen LogP contribution in [-0.2, 0) is 4.74 Å². The molecule has 0 bridgehead atoms. The fourth-order valence-corrected chi connectivity index (χ4v) is 3.03. The summed E-state index contributed by atoms with van der Waals surface area (Å²) in [5, 5.41) is 11.4. The zero-order valence-electron chi connectivity index (χ0n) is 12.6. The summed E-state index contributed by atoms with van der Waals surface area (Å²) in [6, 6.07) is 10.1. The first kappa shape index (κ1) is 14.5. The number of rotatable bonds is 5. The first-order chi connectivity index (χ1) is 10.2. The van der Waals surface area contributed by atoms with Gasteiger partial charge in [0.25, 0.3) is 0 Å². The number of aliphatic hydroxyl groups excluding tert-OH is 1. The van der Waals surface area contributed by atoms with Crippen LogP contribution in [0.1, 0.15) is 49.5 Å². The summed E-state index contributed by atoms with van der Waals surface area (Å²) in [7, 11) is 0. The standard InChI is InChI=1S/C18H23NO2/c1-13-7-8-14-12-15(9-10-17(14)19-13)18(20)6-2-4-16-5-3-11-21-16/h7-10,12,16,18,20H,2-6,11H2,1H3. The maximum atomic E-state index is 10.3. The van der Waals surface area contributed by atoms with Crippen molar-refractivity contribution in [3.63, 3.8) is 0 Å². The second kappa shape index (κ2) is 6.54. The Morgan fingerprint density at radius 3 is 3.05 bits per heavy atom. The van der Waals surface area contributed by atoms with Crippen LogP contribution in [0.4, 0.5) is 0 Å². The molecule has 1 aromatic heterocycles. The van der Waals surface area contributed by atoms with E-state index in [-0.39, 0.29) is 0 Å². The Labute approximate surface area is 126 Å². The molecule has 0 spiro atoms. The largest absolute Gasteiger partial charge is 0.388 e. The molecule has 0 aliphatic carbocycles. The Morgan fingerprint density at radius 2 is 2.24 bits per heavy atom. The maximum Gasteiger partial charge on any atom is 0.0790 e. The highest BCUT2D eigenvalue weighted by Gasteiger charge is 2.16. The average Bonchev–Trinajstić information content (AvgIpc) is 3.00. The molecular formula is C18H23NO2. The highest BCUT2D eigenvalue weighted by atomic mass is 16.5. The summed E-state index contributed by atoms with van der Waals surface area (Å²) in [4.78, 5) is 4.49. The van der Waals surface area contributed by atoms with Gasteiger partial charge in [-0.05, 0) is 62.8 Å². The minimum atomic E-state index is -0.392. The second-order valence-corrected chi connectivity index (χ2v) is 5.99. The number of fused-ring (bicyclic) bond motifs is 1. The minimum Gasteiger partial charge on any atom is -0.388 e. The van der Waals surface area contributed by atoms with Gasteiger partial charge in [0.15, 0.2) is 0 Å². The van der Waals surface area contributed by atoms with Crippen LogP contribution >= 0.6 is 0 Å². The zero-order chi connectivity index (χ0) is 14.7. The molecule has 2 aromatic rings. The van der Waals surface area contributed by atoms with Gasteiger partial charge in [-0.1, -0.05) is 12.1 Å². The number of nitrogens with zero attached hydrogens (tertiary/aromatic N) is 1. The molecule has 3 rings (SSSR count). The fraction of sp³-hybridized carbons (Fsp3) is 0.500. The van der Waals surface area contributed by atoms with Crippen molar-refractivity contribution in [3.05, 3.63) is 41.6 Å². The molecule has 1 aliphatic rings. The molecule has 1 aliphatic heterocycles. The Balaban J connectivity index is 1.61. The SMILES string of the molecule is Cc1ccc2cc(C(O)CCCC3CCCO3)ccc2n1. The second-order valence-electron chi connectivity index (χ2n) is 5.99. The van der Waals surface area contributed by atoms with Crippen LogP contribution in [0.3, 0.4) is 0 Å². The van der Waals surface area contributed by atoms with E-state index in [9.17, 15) is 5.11 Å². The number of ether oxygens (including phenoxy) is 1. The lowest BCUT2D eigenvalue weighted by molar-refractivity contribution is 0.0945. The predicted molar refractivity (Wildman–Crippen MR) is 84.3 cm³/mol. The topological polar surface area (TPSA) is 42.4 Å². The van der Waals surface area contributed by atoms with Crippen molar-refractivity contribution in [1.29, 1.82) is 0 Å². The van der Waals surface area contributed by atoms with Gasteiger partial charge in [0.05, 0.1) is 17.7 Å². The Morgan fingerprint density at radius 1 is 1.33 bits per heavy atom. The summed E-state index contributed by atoms with van der Waals surface area (Å²) in [5.74, 6) is 0. The molecule has 2 unspecified atom stereocenters. The number of aromatic nitrogens is 1. The van der Waals surface area contributed by atoms with Crippen molar-refractivity contribution >= 4 is 10.9 Å². The molecule has 1 saturated heterocycles. The number of hydrogen-bond donors (Lipinski definition) is 1. The van der Waals surface area contributed by atoms with E-state index >= 15 is 0 Å². The lowest BCUT2D eigenvalue weighted by Crippen LogP contribution is -2.06. The van der Waals surface area contributed by atoms with E-state index in [0.717, 1.165) is 48.0 Å². The van der Waals surface area contributed by atoms with E-state index < -0.39 is 6.10 Å². The van der Waals surface area contributed by atoms with Crippen LogP contribution < -0.4 is 0 Å². The number of benzene rings is 1. The molecule has 3 heteroatoms. The third-order valence-corrected chi connectivity index (χ3v) is 4.26. The van der Waals surface area contributed by atoms with Crippen molar-refractivity contribution < 1.29 is 9.84 Å². The van der Waals surface area contributed by atoms with Crippen molar-refractivity contribution in [2.75, 3.05) is 6.61 Å². The molecule has 1 fully saturated rings. The Bertz CT molecular complexity index is 605. The summed E-state index contributed by atoms with van der Waals surface area (Å²) in [6.07, 6.45) is 5.26. The first-order valence-corrected chi connectivity index (χ1v) is 7.89. The molecule has 0 radical (unpaired) electrons. The van der Waals surface area contributed by atoms with E-state index in [4.69, 9.17) is 4.74 Å². The van der Waals surface area contributed by atoms with Crippen molar-refractivity contribution in [2.24, 2.45) is 0 Å². The predicted octanol–water partition coefficient (Wildman–Crippen LogP) is 3.93. The first-order valence-electron chi connectivity index (χ1n) is 7.89. The zero-order valence-corrected chi connectivity index (χ0v) is 12.6. The molecule has 3 nitrogen and oxygen atoms in total. The number of hydrogen-bond acceptors (Lipinski definition) is 3. The quantitative estimate of drug-likeness (QED) is 0.905. The molecule has 0 saturated carbocycles. The summed E-state index contributed by atoms with van der Waals surface area (Å²) in [6.45, 7) is 2.90. The summed E-state index contributed by atoms with van der Waals surface area (Å²) < 4.78 is 5.62. The monoisotopic (exact) mass is 285 g/mol. The van der Waals surface area contributed by atoms with Gasteiger partial charge in [-0.2, -0.15) is 0 Å². The van der Waals surface area contributed by atoms with Gasteiger partial charge in [-0.15, -0.1) is 0 Å².